The lowest BCUT2D eigenvalue weighted by molar-refractivity contribution is -0.131. The summed E-state index contributed by atoms with van der Waals surface area (Å²) in [5.41, 5.74) is 1.85. The molecule has 0 fully saturated rings. The maximum atomic E-state index is 13.9. The first-order valence-electron chi connectivity index (χ1n) is 12.0. The maximum Gasteiger partial charge on any atom is 0.290 e. The van der Waals surface area contributed by atoms with E-state index in [1.807, 2.05) is 79.3 Å². The van der Waals surface area contributed by atoms with Crippen LogP contribution in [0.4, 0.5) is 0 Å². The average molecular weight is 536 g/mol. The van der Waals surface area contributed by atoms with Gasteiger partial charge in [-0.15, -0.1) is 0 Å². The number of imidazole rings is 1. The van der Waals surface area contributed by atoms with E-state index in [1.165, 1.54) is 0 Å². The summed E-state index contributed by atoms with van der Waals surface area (Å²) in [6, 6.07) is 7.29. The van der Waals surface area contributed by atoms with Crippen molar-refractivity contribution in [1.82, 2.24) is 14.5 Å². The van der Waals surface area contributed by atoms with Crippen LogP contribution in [0.25, 0.3) is 0 Å². The van der Waals surface area contributed by atoms with Crippen molar-refractivity contribution in [3.63, 3.8) is 0 Å². The lowest BCUT2D eigenvalue weighted by Crippen LogP contribution is -2.32. The Labute approximate surface area is 214 Å². The van der Waals surface area contributed by atoms with Gasteiger partial charge in [0.2, 0.25) is 0 Å². The van der Waals surface area contributed by atoms with Crippen LogP contribution in [-0.2, 0) is 20.9 Å². The molecule has 182 valence electrons. The van der Waals surface area contributed by atoms with Crippen molar-refractivity contribution in [2.75, 3.05) is 6.54 Å². The lowest BCUT2D eigenvalue weighted by atomic mass is 9.92. The van der Waals surface area contributed by atoms with Crippen molar-refractivity contribution < 1.29 is 14.3 Å². The summed E-state index contributed by atoms with van der Waals surface area (Å²) in [4.78, 5) is 33.5. The first-order chi connectivity index (χ1) is 17.0. The summed E-state index contributed by atoms with van der Waals surface area (Å²) in [6.45, 7) is 5.09. The zero-order valence-corrected chi connectivity index (χ0v) is 21.6. The maximum absolute atomic E-state index is 13.9. The van der Waals surface area contributed by atoms with Gasteiger partial charge in [-0.25, -0.2) is 4.98 Å². The third-order valence-corrected chi connectivity index (χ3v) is 6.47. The fourth-order valence-corrected chi connectivity index (χ4v) is 4.59. The summed E-state index contributed by atoms with van der Waals surface area (Å²) in [5, 5.41) is 0. The van der Waals surface area contributed by atoms with E-state index in [4.69, 9.17) is 4.74 Å². The van der Waals surface area contributed by atoms with Crippen LogP contribution < -0.4 is 0 Å². The number of nitrogens with zero attached hydrogens (tertiary/aromatic N) is 3. The number of hydrogen-bond acceptors (Lipinski definition) is 4. The molecule has 1 aromatic carbocycles. The van der Waals surface area contributed by atoms with Crippen molar-refractivity contribution in [3.05, 3.63) is 100 Å². The summed E-state index contributed by atoms with van der Waals surface area (Å²) >= 11 is 3.49. The quantitative estimate of drug-likeness (QED) is 0.366. The van der Waals surface area contributed by atoms with Crippen LogP contribution in [0.3, 0.4) is 0 Å². The number of benzene rings is 1. The summed E-state index contributed by atoms with van der Waals surface area (Å²) in [6.07, 6.45) is 17.2. The molecule has 0 saturated heterocycles. The van der Waals surface area contributed by atoms with Crippen molar-refractivity contribution in [1.29, 1.82) is 0 Å². The third-order valence-electron chi connectivity index (χ3n) is 5.94. The highest BCUT2D eigenvalue weighted by Crippen LogP contribution is 2.41. The van der Waals surface area contributed by atoms with Crippen LogP contribution in [-0.4, -0.2) is 38.8 Å². The minimum Gasteiger partial charge on any atom is -0.485 e. The molecule has 1 unspecified atom stereocenters. The molecule has 1 amide bonds. The predicted octanol–water partition coefficient (Wildman–Crippen LogP) is 5.70. The highest BCUT2D eigenvalue weighted by atomic mass is 79.9. The van der Waals surface area contributed by atoms with Crippen molar-refractivity contribution in [2.45, 2.75) is 51.8 Å². The second-order valence-electron chi connectivity index (χ2n) is 8.89. The van der Waals surface area contributed by atoms with E-state index in [9.17, 15) is 9.59 Å². The fourth-order valence-electron chi connectivity index (χ4n) is 4.32. The van der Waals surface area contributed by atoms with Gasteiger partial charge >= 0.3 is 0 Å². The highest BCUT2D eigenvalue weighted by molar-refractivity contribution is 9.10. The third kappa shape index (κ3) is 5.90. The minimum absolute atomic E-state index is 0.162. The molecule has 6 nitrogen and oxygen atoms in total. The smallest absolute Gasteiger partial charge is 0.290 e. The van der Waals surface area contributed by atoms with E-state index in [-0.39, 0.29) is 23.6 Å². The number of hydrogen-bond donors (Lipinski definition) is 0. The number of ether oxygens (including phenoxy) is 1. The van der Waals surface area contributed by atoms with Gasteiger partial charge in [-0.2, -0.15) is 0 Å². The van der Waals surface area contributed by atoms with Crippen LogP contribution in [0.5, 0.6) is 0 Å². The number of carbonyl (C=O) groups is 2. The number of allylic oxidation sites excluding steroid dienone is 6. The number of unbranched alkanes of at least 4 members (excludes halogenated alkanes) is 1. The van der Waals surface area contributed by atoms with E-state index >= 15 is 0 Å². The number of ketones is 1. The number of carbonyl (C=O) groups excluding carboxylic acids is 2. The molecule has 0 radical (unpaired) electrons. The SMILES string of the molecule is CC(C)OC1=C(C(=O)C2=CC=CCC=C2)C(c2ccc(Br)cc2)N(CCCCn2ccnc2)C1=O. The Bertz CT molecular complexity index is 1170. The van der Waals surface area contributed by atoms with Gasteiger partial charge in [0.1, 0.15) is 0 Å². The van der Waals surface area contributed by atoms with Crippen LogP contribution in [0, 0.1) is 0 Å². The van der Waals surface area contributed by atoms with Crippen LogP contribution in [0.15, 0.2) is 94.7 Å². The van der Waals surface area contributed by atoms with Gasteiger partial charge < -0.3 is 14.2 Å². The number of Topliss-reactive ketones (excluding diaryl/α,β-unsaturated/α-hetero) is 1. The number of amides is 1. The molecule has 1 aliphatic carbocycles. The van der Waals surface area contributed by atoms with Crippen LogP contribution in [0.2, 0.25) is 0 Å². The monoisotopic (exact) mass is 535 g/mol. The predicted molar refractivity (Wildman–Crippen MR) is 139 cm³/mol. The molecule has 0 saturated carbocycles. The Balaban J connectivity index is 1.69. The molecule has 1 aliphatic heterocycles. The number of halogens is 1. The molecular weight excluding hydrogens is 506 g/mol. The summed E-state index contributed by atoms with van der Waals surface area (Å²) in [7, 11) is 0. The molecule has 0 N–H and O–H groups in total. The van der Waals surface area contributed by atoms with Gasteiger partial charge in [-0.1, -0.05) is 58.4 Å². The Kier molecular flexibility index (Phi) is 8.18. The first-order valence-corrected chi connectivity index (χ1v) is 12.8. The Morgan fingerprint density at radius 1 is 1.17 bits per heavy atom. The summed E-state index contributed by atoms with van der Waals surface area (Å²) < 4.78 is 8.99. The second kappa shape index (κ2) is 11.5. The first kappa shape index (κ1) is 24.9. The van der Waals surface area contributed by atoms with Crippen molar-refractivity contribution >= 4 is 27.6 Å². The number of aromatic nitrogens is 2. The van der Waals surface area contributed by atoms with Crippen molar-refractivity contribution in [2.24, 2.45) is 0 Å². The zero-order valence-electron chi connectivity index (χ0n) is 20.1. The molecule has 2 heterocycles. The Morgan fingerprint density at radius 3 is 2.66 bits per heavy atom. The van der Waals surface area contributed by atoms with Crippen LogP contribution >= 0.6 is 15.9 Å². The largest absolute Gasteiger partial charge is 0.485 e. The molecule has 7 heteroatoms. The van der Waals surface area contributed by atoms with Gasteiger partial charge in [0.25, 0.3) is 5.91 Å². The average Bonchev–Trinajstić information content (AvgIpc) is 3.33. The standard InChI is InChI=1S/C28H30BrN3O3/c1-20(2)35-27-24(26(33)22-9-5-3-4-6-10-22)25(21-11-13-23(29)14-12-21)32(28(27)34)17-8-7-16-31-18-15-30-19-31/h3,5-6,9-15,18-20,25H,4,7-8,16-17H2,1-2H3. The lowest BCUT2D eigenvalue weighted by Gasteiger charge is -2.27. The molecule has 2 aromatic rings. The molecule has 0 bridgehead atoms. The fraction of sp³-hybridized carbons (Fsp3) is 0.321. The van der Waals surface area contributed by atoms with Gasteiger partial charge in [0.05, 0.1) is 24.0 Å². The van der Waals surface area contributed by atoms with Gasteiger partial charge in [-0.05, 0) is 50.8 Å². The van der Waals surface area contributed by atoms with E-state index in [0.717, 1.165) is 35.8 Å². The molecule has 35 heavy (non-hydrogen) atoms. The highest BCUT2D eigenvalue weighted by Gasteiger charge is 2.45. The Hall–Kier alpha value is -3.19. The molecule has 1 aromatic heterocycles. The Morgan fingerprint density at radius 2 is 1.94 bits per heavy atom. The van der Waals surface area contributed by atoms with E-state index in [1.54, 1.807) is 17.4 Å². The zero-order chi connectivity index (χ0) is 24.8. The van der Waals surface area contributed by atoms with Gasteiger partial charge in [0, 0.05) is 35.5 Å². The van der Waals surface area contributed by atoms with E-state index in [2.05, 4.69) is 20.9 Å². The van der Waals surface area contributed by atoms with E-state index in [0.29, 0.717) is 17.7 Å². The van der Waals surface area contributed by atoms with Gasteiger partial charge in [-0.3, -0.25) is 9.59 Å². The molecule has 1 atom stereocenters. The van der Waals surface area contributed by atoms with E-state index < -0.39 is 6.04 Å². The topological polar surface area (TPSA) is 64.4 Å². The summed E-state index contributed by atoms with van der Waals surface area (Å²) in [5.74, 6) is -0.243. The molecule has 2 aliphatic rings. The number of rotatable bonds is 10. The van der Waals surface area contributed by atoms with Crippen LogP contribution in [0.1, 0.15) is 44.7 Å². The molecule has 4 rings (SSSR count). The van der Waals surface area contributed by atoms with Crippen molar-refractivity contribution in [3.8, 4) is 0 Å². The second-order valence-corrected chi connectivity index (χ2v) is 9.80. The molecular formula is C28H30BrN3O3. The minimum atomic E-state index is -0.508. The molecule has 0 spiro atoms. The van der Waals surface area contributed by atoms with Gasteiger partial charge in [0.15, 0.2) is 11.5 Å². The normalized spacial score (nSPS) is 17.8. The number of aryl methyl sites for hydroxylation is 1.